The second kappa shape index (κ2) is 12.9. The Labute approximate surface area is 229 Å². The second-order valence-electron chi connectivity index (χ2n) is 9.45. The maximum atomic E-state index is 6.59. The summed E-state index contributed by atoms with van der Waals surface area (Å²) in [6.07, 6.45) is 1.61. The highest BCUT2D eigenvalue weighted by molar-refractivity contribution is 9.10. The molecule has 0 saturated carbocycles. The van der Waals surface area contributed by atoms with Crippen LogP contribution in [0.25, 0.3) is 10.9 Å². The Kier molecular flexibility index (Phi) is 9.62. The van der Waals surface area contributed by atoms with Gasteiger partial charge in [0.2, 0.25) is 0 Å². The molecule has 37 heavy (non-hydrogen) atoms. The first-order valence-electron chi connectivity index (χ1n) is 13.4. The van der Waals surface area contributed by atoms with E-state index >= 15 is 0 Å². The van der Waals surface area contributed by atoms with Crippen molar-refractivity contribution in [1.29, 1.82) is 0 Å². The molecule has 0 bridgehead atoms. The predicted molar refractivity (Wildman–Crippen MR) is 153 cm³/mol. The number of ether oxygens (including phenoxy) is 3. The highest BCUT2D eigenvalue weighted by Gasteiger charge is 2.25. The van der Waals surface area contributed by atoms with E-state index in [9.17, 15) is 0 Å². The van der Waals surface area contributed by atoms with Crippen molar-refractivity contribution in [2.75, 3.05) is 51.3 Å². The average molecular weight is 572 g/mol. The van der Waals surface area contributed by atoms with E-state index in [1.54, 1.807) is 0 Å². The molecule has 3 heterocycles. The molecule has 0 spiro atoms. The van der Waals surface area contributed by atoms with E-state index in [2.05, 4.69) is 64.8 Å². The summed E-state index contributed by atoms with van der Waals surface area (Å²) in [5.74, 6) is 1.64. The molecule has 1 aromatic heterocycles. The average Bonchev–Trinajstić information content (AvgIpc) is 2.94. The standard InChI is InChI=1S/C27H33BrN4O3.C2H6/c1-18-17-22-24(25(23(18)28)34-19(2)20-7-5-4-6-8-20)29-27(35-21-9-15-33-16-10-21)30-26(22)32-13-11-31(3)12-14-32;1-2/h4-8,17,19,21H,9-16H2,1-3H3;1-2H3. The fourth-order valence-electron chi connectivity index (χ4n) is 4.64. The van der Waals surface area contributed by atoms with Crippen LogP contribution in [0.2, 0.25) is 0 Å². The molecular formula is C29H39BrN4O3. The van der Waals surface area contributed by atoms with Crippen molar-refractivity contribution in [2.24, 2.45) is 0 Å². The molecule has 2 aliphatic heterocycles. The van der Waals surface area contributed by atoms with Gasteiger partial charge in [-0.15, -0.1) is 0 Å². The molecule has 0 amide bonds. The van der Waals surface area contributed by atoms with Crippen LogP contribution in [0, 0.1) is 6.92 Å². The Balaban J connectivity index is 0.00000156. The molecule has 1 atom stereocenters. The van der Waals surface area contributed by atoms with Crippen molar-refractivity contribution < 1.29 is 14.2 Å². The molecule has 2 saturated heterocycles. The van der Waals surface area contributed by atoms with Gasteiger partial charge in [-0.05, 0) is 54.0 Å². The Morgan fingerprint density at radius 3 is 2.38 bits per heavy atom. The second-order valence-corrected chi connectivity index (χ2v) is 10.2. The minimum atomic E-state index is -0.139. The molecule has 2 fully saturated rings. The van der Waals surface area contributed by atoms with E-state index in [0.29, 0.717) is 19.2 Å². The highest BCUT2D eigenvalue weighted by Crippen LogP contribution is 2.41. The number of nitrogens with zero attached hydrogens (tertiary/aromatic N) is 4. The van der Waals surface area contributed by atoms with Crippen LogP contribution in [0.3, 0.4) is 0 Å². The van der Waals surface area contributed by atoms with Crippen LogP contribution in [0.15, 0.2) is 40.9 Å². The van der Waals surface area contributed by atoms with Gasteiger partial charge >= 0.3 is 6.01 Å². The van der Waals surface area contributed by atoms with Crippen molar-refractivity contribution in [1.82, 2.24) is 14.9 Å². The van der Waals surface area contributed by atoms with Crippen molar-refractivity contribution in [3.8, 4) is 11.8 Å². The molecular weight excluding hydrogens is 532 g/mol. The number of halogens is 1. The van der Waals surface area contributed by atoms with E-state index in [4.69, 9.17) is 24.2 Å². The van der Waals surface area contributed by atoms with Gasteiger partial charge in [-0.2, -0.15) is 9.97 Å². The van der Waals surface area contributed by atoms with Gasteiger partial charge < -0.3 is 24.0 Å². The Bertz CT molecular complexity index is 1160. The van der Waals surface area contributed by atoms with Crippen LogP contribution in [-0.4, -0.2) is 67.4 Å². The molecule has 8 heteroatoms. The van der Waals surface area contributed by atoms with Crippen LogP contribution in [-0.2, 0) is 4.74 Å². The summed E-state index contributed by atoms with van der Waals surface area (Å²) in [7, 11) is 2.16. The Morgan fingerprint density at radius 2 is 1.70 bits per heavy atom. The number of anilines is 1. The van der Waals surface area contributed by atoms with Gasteiger partial charge in [0.15, 0.2) is 5.75 Å². The minimum Gasteiger partial charge on any atom is -0.483 e. The maximum Gasteiger partial charge on any atom is 0.319 e. The zero-order valence-corrected chi connectivity index (χ0v) is 24.3. The van der Waals surface area contributed by atoms with Gasteiger partial charge in [0, 0.05) is 44.4 Å². The van der Waals surface area contributed by atoms with Crippen LogP contribution < -0.4 is 14.4 Å². The molecule has 2 aliphatic rings. The topological polar surface area (TPSA) is 60.0 Å². The van der Waals surface area contributed by atoms with Crippen LogP contribution in [0.5, 0.6) is 11.8 Å². The maximum absolute atomic E-state index is 6.59. The molecule has 0 radical (unpaired) electrons. The zero-order chi connectivity index (χ0) is 26.4. The summed E-state index contributed by atoms with van der Waals surface area (Å²) in [4.78, 5) is 14.6. The lowest BCUT2D eigenvalue weighted by Crippen LogP contribution is -2.45. The van der Waals surface area contributed by atoms with Gasteiger partial charge in [0.05, 0.1) is 17.7 Å². The van der Waals surface area contributed by atoms with E-state index in [0.717, 1.165) is 77.1 Å². The molecule has 0 aliphatic carbocycles. The van der Waals surface area contributed by atoms with E-state index < -0.39 is 0 Å². The number of hydrogen-bond donors (Lipinski definition) is 0. The van der Waals surface area contributed by atoms with Crippen molar-refractivity contribution in [3.05, 3.63) is 52.0 Å². The lowest BCUT2D eigenvalue weighted by atomic mass is 10.1. The third-order valence-electron chi connectivity index (χ3n) is 6.83. The normalized spacial score (nSPS) is 17.7. The summed E-state index contributed by atoms with van der Waals surface area (Å²) in [5, 5.41) is 0.991. The van der Waals surface area contributed by atoms with E-state index in [1.165, 1.54) is 0 Å². The number of likely N-dealkylation sites (N-methyl/N-ethyl adjacent to an activating group) is 1. The lowest BCUT2D eigenvalue weighted by Gasteiger charge is -2.34. The molecule has 200 valence electrons. The number of aryl methyl sites for hydroxylation is 1. The van der Waals surface area contributed by atoms with E-state index in [1.807, 2.05) is 32.0 Å². The van der Waals surface area contributed by atoms with Crippen molar-refractivity contribution in [2.45, 2.75) is 52.7 Å². The number of benzene rings is 2. The summed E-state index contributed by atoms with van der Waals surface area (Å²) in [6.45, 7) is 13.4. The van der Waals surface area contributed by atoms with Crippen LogP contribution in [0.1, 0.15) is 50.8 Å². The first-order valence-corrected chi connectivity index (χ1v) is 14.2. The Morgan fingerprint density at radius 1 is 1.03 bits per heavy atom. The van der Waals surface area contributed by atoms with Crippen molar-refractivity contribution >= 4 is 32.7 Å². The van der Waals surface area contributed by atoms with E-state index in [-0.39, 0.29) is 12.2 Å². The van der Waals surface area contributed by atoms with Gasteiger partial charge in [-0.25, -0.2) is 0 Å². The number of aromatic nitrogens is 2. The zero-order valence-electron chi connectivity index (χ0n) is 22.7. The SMILES string of the molecule is CC.Cc1cc2c(N3CCN(C)CC3)nc(OC3CCOCC3)nc2c(OC(C)c2ccccc2)c1Br. The molecule has 2 aromatic carbocycles. The fourth-order valence-corrected chi connectivity index (χ4v) is 5.03. The third-order valence-corrected chi connectivity index (χ3v) is 7.82. The van der Waals surface area contributed by atoms with Gasteiger partial charge in [-0.1, -0.05) is 44.2 Å². The number of hydrogen-bond acceptors (Lipinski definition) is 7. The third kappa shape index (κ3) is 6.54. The van der Waals surface area contributed by atoms with Crippen LogP contribution in [0.4, 0.5) is 5.82 Å². The molecule has 1 unspecified atom stereocenters. The van der Waals surface area contributed by atoms with Gasteiger partial charge in [-0.3, -0.25) is 0 Å². The largest absolute Gasteiger partial charge is 0.483 e. The molecule has 3 aromatic rings. The summed E-state index contributed by atoms with van der Waals surface area (Å²) in [5.41, 5.74) is 2.97. The Hall–Kier alpha value is -2.42. The summed E-state index contributed by atoms with van der Waals surface area (Å²) >= 11 is 3.79. The molecule has 7 nitrogen and oxygen atoms in total. The monoisotopic (exact) mass is 570 g/mol. The first-order chi connectivity index (χ1) is 18.0. The molecule has 0 N–H and O–H groups in total. The lowest BCUT2D eigenvalue weighted by molar-refractivity contribution is 0.0219. The number of rotatable bonds is 6. The fraction of sp³-hybridized carbons (Fsp3) is 0.517. The summed E-state index contributed by atoms with van der Waals surface area (Å²) < 4.78 is 19.3. The van der Waals surface area contributed by atoms with Gasteiger partial charge in [0.1, 0.15) is 23.5 Å². The van der Waals surface area contributed by atoms with Crippen molar-refractivity contribution in [3.63, 3.8) is 0 Å². The minimum absolute atomic E-state index is 0.0584. The first kappa shape index (κ1) is 27.6. The molecule has 5 rings (SSSR count). The highest BCUT2D eigenvalue weighted by atomic mass is 79.9. The quantitative estimate of drug-likeness (QED) is 0.351. The summed E-state index contributed by atoms with van der Waals surface area (Å²) in [6, 6.07) is 12.8. The number of fused-ring (bicyclic) bond motifs is 1. The van der Waals surface area contributed by atoms with Crippen LogP contribution >= 0.6 is 15.9 Å². The predicted octanol–water partition coefficient (Wildman–Crippen LogP) is 6.18. The van der Waals surface area contributed by atoms with Gasteiger partial charge in [0.25, 0.3) is 0 Å². The number of piperazine rings is 1. The smallest absolute Gasteiger partial charge is 0.319 e.